The van der Waals surface area contributed by atoms with Crippen LogP contribution in [0.15, 0.2) is 21.9 Å². The smallest absolute Gasteiger partial charge is 0.359 e. The molecule has 0 radical (unpaired) electrons. The number of carboxylic acid groups (broad SMARTS) is 2. The Bertz CT molecular complexity index is 788. The van der Waals surface area contributed by atoms with Crippen molar-refractivity contribution in [3.05, 3.63) is 44.5 Å². The molecule has 0 amide bonds. The number of aromatic amines is 1. The Hall–Kier alpha value is -3.24. The van der Waals surface area contributed by atoms with Crippen LogP contribution in [-0.4, -0.2) is 46.7 Å². The molecule has 3 N–H and O–H groups in total. The lowest BCUT2D eigenvalue weighted by molar-refractivity contribution is 0.0640. The van der Waals surface area contributed by atoms with Gasteiger partial charge in [-0.15, -0.1) is 5.10 Å². The number of hydrogen-bond donors (Lipinski definition) is 3. The Morgan fingerprint density at radius 1 is 1.19 bits per heavy atom. The van der Waals surface area contributed by atoms with Crippen LogP contribution in [0.4, 0.5) is 0 Å². The number of H-pyrrole nitrogens is 1. The summed E-state index contributed by atoms with van der Waals surface area (Å²) < 4.78 is 1.64. The minimum atomic E-state index is -1.53. The molecule has 2 heterocycles. The van der Waals surface area contributed by atoms with Gasteiger partial charge in [0.2, 0.25) is 5.69 Å². The molecule has 110 valence electrons. The average Bonchev–Trinajstić information content (AvgIpc) is 2.82. The number of carboxylic acids is 2. The number of hydrogen-bond acceptors (Lipinski definition) is 6. The lowest BCUT2D eigenvalue weighted by Crippen LogP contribution is -2.35. The number of aromatic nitrogens is 5. The summed E-state index contributed by atoms with van der Waals surface area (Å²) in [5, 5.41) is 24.5. The molecule has 0 spiro atoms. The van der Waals surface area contributed by atoms with Gasteiger partial charge in [-0.2, -0.15) is 0 Å². The van der Waals surface area contributed by atoms with Crippen molar-refractivity contribution in [2.24, 2.45) is 0 Å². The van der Waals surface area contributed by atoms with E-state index < -0.39 is 34.6 Å². The second-order valence-corrected chi connectivity index (χ2v) is 3.89. The molecule has 0 aliphatic rings. The summed E-state index contributed by atoms with van der Waals surface area (Å²) in [7, 11) is 0. The Morgan fingerprint density at radius 2 is 1.90 bits per heavy atom. The van der Waals surface area contributed by atoms with E-state index in [9.17, 15) is 19.2 Å². The van der Waals surface area contributed by atoms with Crippen LogP contribution in [-0.2, 0) is 13.1 Å². The Morgan fingerprint density at radius 3 is 2.48 bits per heavy atom. The molecule has 2 aromatic rings. The Labute approximate surface area is 115 Å². The van der Waals surface area contributed by atoms with Crippen molar-refractivity contribution < 1.29 is 19.8 Å². The average molecular weight is 295 g/mol. The predicted molar refractivity (Wildman–Crippen MR) is 65.3 cm³/mol. The molecule has 0 aromatic carbocycles. The summed E-state index contributed by atoms with van der Waals surface area (Å²) in [4.78, 5) is 47.1. The fourth-order valence-corrected chi connectivity index (χ4v) is 1.68. The number of rotatable bonds is 5. The van der Waals surface area contributed by atoms with Gasteiger partial charge in [0.15, 0.2) is 5.69 Å². The van der Waals surface area contributed by atoms with Crippen molar-refractivity contribution in [1.82, 2.24) is 24.5 Å². The largest absolute Gasteiger partial charge is 0.476 e. The first kappa shape index (κ1) is 14.2. The molecule has 0 bridgehead atoms. The maximum atomic E-state index is 11.5. The predicted octanol–water partition coefficient (Wildman–Crippen LogP) is -1.78. The van der Waals surface area contributed by atoms with Gasteiger partial charge < -0.3 is 15.2 Å². The van der Waals surface area contributed by atoms with Crippen LogP contribution in [0.2, 0.25) is 0 Å². The SMILES string of the molecule is O=C(O)c1nnn(CCn2c(=O)cc[nH]c2=O)c1C(=O)O. The van der Waals surface area contributed by atoms with Gasteiger partial charge in [0.05, 0.1) is 13.1 Å². The minimum Gasteiger partial charge on any atom is -0.476 e. The standard InChI is InChI=1S/C10H9N5O6/c16-5-1-2-11-10(21)14(5)3-4-15-7(9(19)20)6(8(17)18)12-13-15/h1-2H,3-4H2,(H,11,21)(H,17,18)(H,19,20). The first-order valence-electron chi connectivity index (χ1n) is 5.60. The van der Waals surface area contributed by atoms with Crippen molar-refractivity contribution in [2.45, 2.75) is 13.1 Å². The molecular formula is C10H9N5O6. The minimum absolute atomic E-state index is 0.183. The van der Waals surface area contributed by atoms with E-state index >= 15 is 0 Å². The lowest BCUT2D eigenvalue weighted by Gasteiger charge is -2.05. The second-order valence-electron chi connectivity index (χ2n) is 3.89. The molecule has 0 aliphatic heterocycles. The molecule has 2 aromatic heterocycles. The van der Waals surface area contributed by atoms with Crippen molar-refractivity contribution in [3.8, 4) is 0 Å². The van der Waals surface area contributed by atoms with Crippen LogP contribution in [0.25, 0.3) is 0 Å². The van der Waals surface area contributed by atoms with E-state index in [2.05, 4.69) is 15.3 Å². The molecule has 11 heteroatoms. The highest BCUT2D eigenvalue weighted by Crippen LogP contribution is 2.05. The van der Waals surface area contributed by atoms with Gasteiger partial charge in [-0.05, 0) is 0 Å². The molecule has 0 saturated carbocycles. The van der Waals surface area contributed by atoms with Gasteiger partial charge in [0.25, 0.3) is 5.56 Å². The molecule has 0 unspecified atom stereocenters. The first-order valence-corrected chi connectivity index (χ1v) is 5.60. The highest BCUT2D eigenvalue weighted by Gasteiger charge is 2.24. The fraction of sp³-hybridized carbons (Fsp3) is 0.200. The van der Waals surface area contributed by atoms with E-state index in [1.54, 1.807) is 0 Å². The van der Waals surface area contributed by atoms with Gasteiger partial charge in [0, 0.05) is 12.3 Å². The molecule has 0 fully saturated rings. The van der Waals surface area contributed by atoms with E-state index in [0.29, 0.717) is 0 Å². The molecular weight excluding hydrogens is 286 g/mol. The van der Waals surface area contributed by atoms with Crippen LogP contribution < -0.4 is 11.2 Å². The second kappa shape index (κ2) is 5.40. The number of aromatic carboxylic acids is 2. The van der Waals surface area contributed by atoms with Crippen LogP contribution in [0.5, 0.6) is 0 Å². The third-order valence-corrected chi connectivity index (χ3v) is 2.62. The highest BCUT2D eigenvalue weighted by molar-refractivity contribution is 5.98. The zero-order chi connectivity index (χ0) is 15.6. The third kappa shape index (κ3) is 2.70. The normalized spacial score (nSPS) is 10.5. The topological polar surface area (TPSA) is 160 Å². The summed E-state index contributed by atoms with van der Waals surface area (Å²) in [6, 6.07) is 1.13. The molecule has 0 aliphatic carbocycles. The summed E-state index contributed by atoms with van der Waals surface area (Å²) in [5.74, 6) is -3.06. The van der Waals surface area contributed by atoms with Gasteiger partial charge in [-0.1, -0.05) is 5.21 Å². The van der Waals surface area contributed by atoms with Gasteiger partial charge in [0.1, 0.15) is 0 Å². The Balaban J connectivity index is 2.33. The van der Waals surface area contributed by atoms with Crippen molar-refractivity contribution in [3.63, 3.8) is 0 Å². The van der Waals surface area contributed by atoms with Crippen LogP contribution in [0, 0.1) is 0 Å². The van der Waals surface area contributed by atoms with Crippen LogP contribution >= 0.6 is 0 Å². The Kier molecular flexibility index (Phi) is 3.65. The van der Waals surface area contributed by atoms with Crippen molar-refractivity contribution in [1.29, 1.82) is 0 Å². The maximum Gasteiger partial charge on any atom is 0.359 e. The summed E-state index contributed by atoms with van der Waals surface area (Å²) in [6.45, 7) is -0.382. The van der Waals surface area contributed by atoms with E-state index in [1.165, 1.54) is 6.20 Å². The summed E-state index contributed by atoms with van der Waals surface area (Å²) >= 11 is 0. The summed E-state index contributed by atoms with van der Waals surface area (Å²) in [6.07, 6.45) is 1.18. The third-order valence-electron chi connectivity index (χ3n) is 2.62. The van der Waals surface area contributed by atoms with E-state index in [1.807, 2.05) is 0 Å². The van der Waals surface area contributed by atoms with Gasteiger partial charge in [-0.25, -0.2) is 19.1 Å². The zero-order valence-electron chi connectivity index (χ0n) is 10.4. The van der Waals surface area contributed by atoms with E-state index in [4.69, 9.17) is 10.2 Å². The molecule has 0 atom stereocenters. The van der Waals surface area contributed by atoms with Crippen molar-refractivity contribution in [2.75, 3.05) is 0 Å². The van der Waals surface area contributed by atoms with Crippen LogP contribution in [0.3, 0.4) is 0 Å². The molecule has 21 heavy (non-hydrogen) atoms. The molecule has 2 rings (SSSR count). The van der Waals surface area contributed by atoms with E-state index in [0.717, 1.165) is 15.3 Å². The molecule has 0 saturated heterocycles. The number of nitrogens with zero attached hydrogens (tertiary/aromatic N) is 4. The summed E-state index contributed by atoms with van der Waals surface area (Å²) in [5.41, 5.74) is -2.58. The maximum absolute atomic E-state index is 11.5. The number of nitrogens with one attached hydrogen (secondary N) is 1. The number of aryl methyl sites for hydroxylation is 1. The highest BCUT2D eigenvalue weighted by atomic mass is 16.4. The van der Waals surface area contributed by atoms with E-state index in [-0.39, 0.29) is 13.1 Å². The first-order chi connectivity index (χ1) is 9.91. The van der Waals surface area contributed by atoms with Gasteiger partial charge >= 0.3 is 17.6 Å². The van der Waals surface area contributed by atoms with Crippen molar-refractivity contribution >= 4 is 11.9 Å². The van der Waals surface area contributed by atoms with Crippen LogP contribution in [0.1, 0.15) is 21.0 Å². The quantitative estimate of drug-likeness (QED) is 0.583. The number of carbonyl (C=O) groups is 2. The fourth-order valence-electron chi connectivity index (χ4n) is 1.68. The van der Waals surface area contributed by atoms with Gasteiger partial charge in [-0.3, -0.25) is 9.36 Å². The monoisotopic (exact) mass is 295 g/mol. The zero-order valence-corrected chi connectivity index (χ0v) is 10.4. The molecule has 11 nitrogen and oxygen atoms in total. The lowest BCUT2D eigenvalue weighted by atomic mass is 10.3.